The molecule has 0 amide bonds. The molecule has 0 radical (unpaired) electrons. The van der Waals surface area contributed by atoms with Crippen LogP contribution in [0, 0.1) is 5.41 Å². The highest BCUT2D eigenvalue weighted by molar-refractivity contribution is 7.89. The average Bonchev–Trinajstić information content (AvgIpc) is 2.47. The smallest absolute Gasteiger partial charge is 0.217 e. The van der Waals surface area contributed by atoms with Gasteiger partial charge in [0, 0.05) is 31.7 Å². The number of nitrogens with zero attached hydrogens (tertiary/aromatic N) is 2. The second kappa shape index (κ2) is 5.87. The molecule has 116 valence electrons. The summed E-state index contributed by atoms with van der Waals surface area (Å²) >= 11 is 0. The third kappa shape index (κ3) is 2.91. The van der Waals surface area contributed by atoms with Gasteiger partial charge in [0.1, 0.15) is 5.84 Å². The van der Waals surface area contributed by atoms with Crippen LogP contribution >= 0.6 is 0 Å². The molecule has 0 aromatic rings. The monoisotopic (exact) mass is 305 g/mol. The maximum atomic E-state index is 12.6. The number of rotatable bonds is 3. The van der Waals surface area contributed by atoms with Gasteiger partial charge >= 0.3 is 0 Å². The Kier molecular flexibility index (Phi) is 4.55. The lowest BCUT2D eigenvalue weighted by molar-refractivity contribution is 0.0965. The van der Waals surface area contributed by atoms with Gasteiger partial charge in [-0.3, -0.25) is 0 Å². The van der Waals surface area contributed by atoms with E-state index < -0.39 is 15.4 Å². The average molecular weight is 305 g/mol. The summed E-state index contributed by atoms with van der Waals surface area (Å²) in [7, 11) is -3.26. The molecular formula is C12H23N3O4S. The normalized spacial score (nSPS) is 26.6. The molecule has 3 N–H and O–H groups in total. The number of hydrogen-bond donors (Lipinski definition) is 2. The van der Waals surface area contributed by atoms with E-state index in [4.69, 9.17) is 15.7 Å². The van der Waals surface area contributed by atoms with E-state index in [0.29, 0.717) is 52.0 Å². The zero-order chi connectivity index (χ0) is 14.8. The Morgan fingerprint density at radius 1 is 1.35 bits per heavy atom. The minimum atomic E-state index is -3.26. The van der Waals surface area contributed by atoms with Crippen molar-refractivity contribution < 1.29 is 18.4 Å². The van der Waals surface area contributed by atoms with Crippen molar-refractivity contribution in [1.82, 2.24) is 4.31 Å². The lowest BCUT2D eigenvalue weighted by atomic mass is 9.80. The van der Waals surface area contributed by atoms with Gasteiger partial charge in [-0.25, -0.2) is 12.7 Å². The second-order valence-electron chi connectivity index (χ2n) is 5.80. The van der Waals surface area contributed by atoms with Gasteiger partial charge in [0.25, 0.3) is 0 Å². The quantitative estimate of drug-likeness (QED) is 0.339. The van der Waals surface area contributed by atoms with Crippen LogP contribution in [0.5, 0.6) is 0 Å². The summed E-state index contributed by atoms with van der Waals surface area (Å²) in [6, 6.07) is 0. The predicted octanol–water partition coefficient (Wildman–Crippen LogP) is 0.344. The molecule has 8 heteroatoms. The van der Waals surface area contributed by atoms with Crippen molar-refractivity contribution in [1.29, 1.82) is 0 Å². The van der Waals surface area contributed by atoms with Gasteiger partial charge in [-0.15, -0.1) is 0 Å². The van der Waals surface area contributed by atoms with Gasteiger partial charge < -0.3 is 15.7 Å². The van der Waals surface area contributed by atoms with E-state index in [1.165, 1.54) is 0 Å². The third-order valence-corrected chi connectivity index (χ3v) is 6.90. The van der Waals surface area contributed by atoms with Gasteiger partial charge in [0.15, 0.2) is 0 Å². The van der Waals surface area contributed by atoms with Crippen LogP contribution in [0.25, 0.3) is 0 Å². The van der Waals surface area contributed by atoms with Crippen molar-refractivity contribution in [3.05, 3.63) is 0 Å². The van der Waals surface area contributed by atoms with Gasteiger partial charge in [0.05, 0.1) is 5.25 Å². The molecule has 0 atom stereocenters. The Bertz CT molecular complexity index is 463. The molecular weight excluding hydrogens is 282 g/mol. The van der Waals surface area contributed by atoms with Crippen LogP contribution in [0.3, 0.4) is 0 Å². The Morgan fingerprint density at radius 3 is 2.40 bits per heavy atom. The van der Waals surface area contributed by atoms with E-state index in [1.54, 1.807) is 4.31 Å². The van der Waals surface area contributed by atoms with Gasteiger partial charge in [-0.2, -0.15) is 0 Å². The molecule has 0 aromatic heterocycles. The van der Waals surface area contributed by atoms with Crippen LogP contribution in [-0.4, -0.2) is 55.3 Å². The Labute approximate surface area is 119 Å². The fraction of sp³-hybridized carbons (Fsp3) is 0.917. The highest BCUT2D eigenvalue weighted by Gasteiger charge is 2.40. The highest BCUT2D eigenvalue weighted by atomic mass is 32.2. The summed E-state index contributed by atoms with van der Waals surface area (Å²) in [6.07, 6.45) is 2.28. The van der Waals surface area contributed by atoms with Gasteiger partial charge in [-0.1, -0.05) is 12.1 Å². The second-order valence-corrected chi connectivity index (χ2v) is 8.01. The van der Waals surface area contributed by atoms with Crippen LogP contribution < -0.4 is 5.73 Å². The first kappa shape index (κ1) is 15.5. The Balaban J connectivity index is 2.03. The highest BCUT2D eigenvalue weighted by Crippen LogP contribution is 2.33. The van der Waals surface area contributed by atoms with E-state index in [1.807, 2.05) is 6.92 Å². The minimum Gasteiger partial charge on any atom is -0.409 e. The Hall–Kier alpha value is -0.860. The molecule has 7 nitrogen and oxygen atoms in total. The molecule has 2 fully saturated rings. The summed E-state index contributed by atoms with van der Waals surface area (Å²) in [5.41, 5.74) is 5.27. The summed E-state index contributed by atoms with van der Waals surface area (Å²) < 4.78 is 31.9. The van der Waals surface area contributed by atoms with Crippen molar-refractivity contribution in [2.24, 2.45) is 16.3 Å². The van der Waals surface area contributed by atoms with Crippen molar-refractivity contribution >= 4 is 15.9 Å². The van der Waals surface area contributed by atoms with Crippen molar-refractivity contribution in [3.63, 3.8) is 0 Å². The molecule has 0 saturated carbocycles. The number of amidine groups is 1. The van der Waals surface area contributed by atoms with Gasteiger partial charge in [-0.05, 0) is 25.7 Å². The molecule has 2 saturated heterocycles. The Morgan fingerprint density at radius 2 is 1.90 bits per heavy atom. The number of oxime groups is 1. The van der Waals surface area contributed by atoms with Crippen LogP contribution in [0.4, 0.5) is 0 Å². The minimum absolute atomic E-state index is 0.181. The summed E-state index contributed by atoms with van der Waals surface area (Å²) in [4.78, 5) is 0. The maximum Gasteiger partial charge on any atom is 0.217 e. The van der Waals surface area contributed by atoms with Crippen molar-refractivity contribution in [2.75, 3.05) is 26.3 Å². The van der Waals surface area contributed by atoms with Crippen LogP contribution in [0.2, 0.25) is 0 Å². The SMILES string of the molecule is CC1(C(N)=NO)CCN(S(=O)(=O)C2CCOCC2)CC1. The van der Waals surface area contributed by atoms with E-state index in [2.05, 4.69) is 5.16 Å². The fourth-order valence-electron chi connectivity index (χ4n) is 2.80. The summed E-state index contributed by atoms with van der Waals surface area (Å²) in [6.45, 7) is 3.78. The standard InChI is InChI=1S/C12H23N3O4S/c1-12(11(13)14-16)4-6-15(7-5-12)20(17,18)10-2-8-19-9-3-10/h10,16H,2-9H2,1H3,(H2,13,14). The molecule has 0 unspecified atom stereocenters. The lowest BCUT2D eigenvalue weighted by Crippen LogP contribution is -2.50. The first-order valence-electron chi connectivity index (χ1n) is 6.95. The van der Waals surface area contributed by atoms with Crippen LogP contribution in [0.1, 0.15) is 32.6 Å². The molecule has 0 bridgehead atoms. The van der Waals surface area contributed by atoms with Gasteiger partial charge in [0.2, 0.25) is 10.0 Å². The maximum absolute atomic E-state index is 12.6. The fourth-order valence-corrected chi connectivity index (χ4v) is 4.70. The van der Waals surface area contributed by atoms with Crippen LogP contribution in [0.15, 0.2) is 5.16 Å². The predicted molar refractivity (Wildman–Crippen MR) is 75.1 cm³/mol. The molecule has 2 aliphatic heterocycles. The first-order valence-corrected chi connectivity index (χ1v) is 8.45. The lowest BCUT2D eigenvalue weighted by Gasteiger charge is -2.39. The molecule has 2 aliphatic rings. The van der Waals surface area contributed by atoms with E-state index >= 15 is 0 Å². The zero-order valence-corrected chi connectivity index (χ0v) is 12.6. The first-order chi connectivity index (χ1) is 9.40. The molecule has 0 spiro atoms. The molecule has 0 aromatic carbocycles. The van der Waals surface area contributed by atoms with Crippen LogP contribution in [-0.2, 0) is 14.8 Å². The van der Waals surface area contributed by atoms with E-state index in [-0.39, 0.29) is 11.1 Å². The number of nitrogens with two attached hydrogens (primary N) is 1. The number of sulfonamides is 1. The number of hydrogen-bond acceptors (Lipinski definition) is 5. The summed E-state index contributed by atoms with van der Waals surface area (Å²) in [5.74, 6) is 0.181. The van der Waals surface area contributed by atoms with Crippen molar-refractivity contribution in [2.45, 2.75) is 37.9 Å². The van der Waals surface area contributed by atoms with Crippen molar-refractivity contribution in [3.8, 4) is 0 Å². The third-order valence-electron chi connectivity index (χ3n) is 4.50. The molecule has 20 heavy (non-hydrogen) atoms. The molecule has 2 heterocycles. The van der Waals surface area contributed by atoms with E-state index in [9.17, 15) is 8.42 Å². The largest absolute Gasteiger partial charge is 0.409 e. The number of piperidine rings is 1. The molecule has 0 aliphatic carbocycles. The van der Waals surface area contributed by atoms with E-state index in [0.717, 1.165) is 0 Å². The summed E-state index contributed by atoms with van der Waals surface area (Å²) in [5, 5.41) is 11.5. The zero-order valence-electron chi connectivity index (χ0n) is 11.8. The topological polar surface area (TPSA) is 105 Å². The molecule has 2 rings (SSSR count). The number of ether oxygens (including phenoxy) is 1.